The maximum atomic E-state index is 2.51. The molecule has 0 N–H and O–H groups in total. The number of hydrogen-bond donors (Lipinski definition) is 0. The Labute approximate surface area is 300 Å². The first-order valence-corrected chi connectivity index (χ1v) is 18.0. The van der Waals surface area contributed by atoms with E-state index in [0.717, 1.165) is 5.69 Å². The molecule has 0 spiro atoms. The lowest BCUT2D eigenvalue weighted by molar-refractivity contribution is 1.18. The van der Waals surface area contributed by atoms with Crippen molar-refractivity contribution in [1.29, 1.82) is 0 Å². The predicted octanol–water partition coefficient (Wildman–Crippen LogP) is 13.5. The molecule has 0 saturated carbocycles. The largest absolute Gasteiger partial charge is 0.309 e. The van der Waals surface area contributed by atoms with E-state index in [-0.39, 0.29) is 0 Å². The fourth-order valence-electron chi connectivity index (χ4n) is 9.38. The van der Waals surface area contributed by atoms with Gasteiger partial charge in [0.2, 0.25) is 0 Å². The number of rotatable bonds is 3. The number of hydrogen-bond acceptors (Lipinski definition) is 0. The summed E-state index contributed by atoms with van der Waals surface area (Å²) in [7, 11) is 0. The Bertz CT molecular complexity index is 3260. The fourth-order valence-corrected chi connectivity index (χ4v) is 9.38. The molecule has 0 fully saturated rings. The van der Waals surface area contributed by atoms with Gasteiger partial charge >= 0.3 is 0 Å². The molecule has 0 bridgehead atoms. The Morgan fingerprint density at radius 3 is 1.56 bits per heavy atom. The third-order valence-electron chi connectivity index (χ3n) is 11.4. The second-order valence-corrected chi connectivity index (χ2v) is 14.0. The summed E-state index contributed by atoms with van der Waals surface area (Å²) < 4.78 is 5.00. The number of para-hydroxylation sites is 3. The molecule has 0 amide bonds. The van der Waals surface area contributed by atoms with Crippen LogP contribution in [0.1, 0.15) is 0 Å². The van der Waals surface area contributed by atoms with Gasteiger partial charge in [-0.2, -0.15) is 0 Å². The molecular weight excluding hydrogens is 629 g/mol. The Balaban J connectivity index is 1.20. The zero-order valence-corrected chi connectivity index (χ0v) is 28.2. The molecule has 240 valence electrons. The molecule has 1 aliphatic rings. The Morgan fingerprint density at radius 2 is 0.788 bits per heavy atom. The van der Waals surface area contributed by atoms with E-state index in [1.807, 2.05) is 0 Å². The monoisotopic (exact) mass is 658 g/mol. The van der Waals surface area contributed by atoms with Crippen LogP contribution in [0.5, 0.6) is 0 Å². The average molecular weight is 659 g/mol. The predicted molar refractivity (Wildman–Crippen MR) is 220 cm³/mol. The highest BCUT2D eigenvalue weighted by atomic mass is 15.0. The van der Waals surface area contributed by atoms with Crippen LogP contribution in [0.4, 0.5) is 0 Å². The molecular formula is C50H30N2. The molecule has 0 unspecified atom stereocenters. The minimum atomic E-state index is 1.15. The van der Waals surface area contributed by atoms with E-state index in [1.165, 1.54) is 104 Å². The molecule has 12 rings (SSSR count). The van der Waals surface area contributed by atoms with E-state index in [2.05, 4.69) is 191 Å². The third-order valence-corrected chi connectivity index (χ3v) is 11.4. The van der Waals surface area contributed by atoms with Crippen LogP contribution in [0.3, 0.4) is 0 Å². The van der Waals surface area contributed by atoms with Crippen molar-refractivity contribution in [1.82, 2.24) is 9.13 Å². The lowest BCUT2D eigenvalue weighted by Gasteiger charge is -2.15. The summed E-state index contributed by atoms with van der Waals surface area (Å²) in [5.41, 5.74) is 15.0. The van der Waals surface area contributed by atoms with Gasteiger partial charge in [0.25, 0.3) is 0 Å². The van der Waals surface area contributed by atoms with Crippen LogP contribution in [0, 0.1) is 0 Å². The molecule has 1 aliphatic carbocycles. The van der Waals surface area contributed by atoms with Crippen LogP contribution in [0.2, 0.25) is 0 Å². The standard InChI is InChI=1S/C50H30N2/c1-2-15-32(16-3-1)51-44-26-10-8-22-42(44)47-39-20-6-7-21-41(39)49-48(50(47)51)43-23-9-11-27-45(43)52(49)33-17-12-14-31(30-33)34-28-29-40-36-19-5-4-18-35(36)38-25-13-24-37(34)46(38)40/h1-30H. The number of aromatic nitrogens is 2. The molecule has 0 aliphatic heterocycles. The van der Waals surface area contributed by atoms with Crippen LogP contribution >= 0.6 is 0 Å². The zero-order valence-electron chi connectivity index (χ0n) is 28.2. The van der Waals surface area contributed by atoms with Gasteiger partial charge in [0.05, 0.1) is 22.1 Å². The summed E-state index contributed by atoms with van der Waals surface area (Å²) in [5, 5.41) is 10.3. The van der Waals surface area contributed by atoms with Gasteiger partial charge in [-0.25, -0.2) is 0 Å². The van der Waals surface area contributed by atoms with E-state index in [9.17, 15) is 0 Å². The van der Waals surface area contributed by atoms with Gasteiger partial charge < -0.3 is 9.13 Å². The summed E-state index contributed by atoms with van der Waals surface area (Å²) in [6.07, 6.45) is 0. The van der Waals surface area contributed by atoms with E-state index in [0.29, 0.717) is 0 Å². The molecule has 0 radical (unpaired) electrons. The first-order valence-electron chi connectivity index (χ1n) is 18.0. The van der Waals surface area contributed by atoms with Crippen LogP contribution in [-0.4, -0.2) is 9.13 Å². The highest BCUT2D eigenvalue weighted by Crippen LogP contribution is 2.50. The van der Waals surface area contributed by atoms with Crippen molar-refractivity contribution < 1.29 is 0 Å². The van der Waals surface area contributed by atoms with Crippen molar-refractivity contribution >= 4 is 65.2 Å². The SMILES string of the molecule is c1ccc(-n2c3ccccc3c3c4ccccc4c4c(c5ccccc5n4-c4cccc(-c5ccc6c7c(cccc57)-c5ccccc5-6)c4)c32)cc1. The van der Waals surface area contributed by atoms with Gasteiger partial charge in [0.15, 0.2) is 0 Å². The Morgan fingerprint density at radius 1 is 0.269 bits per heavy atom. The van der Waals surface area contributed by atoms with Crippen molar-refractivity contribution in [2.45, 2.75) is 0 Å². The highest BCUT2D eigenvalue weighted by molar-refractivity contribution is 6.36. The third kappa shape index (κ3) is 3.58. The number of fused-ring (bicyclic) bond motifs is 13. The van der Waals surface area contributed by atoms with E-state index in [1.54, 1.807) is 0 Å². The fraction of sp³-hybridized carbons (Fsp3) is 0. The summed E-state index contributed by atoms with van der Waals surface area (Å²) in [4.78, 5) is 0. The lowest BCUT2D eigenvalue weighted by Crippen LogP contribution is -1.97. The maximum absolute atomic E-state index is 2.51. The Hall–Kier alpha value is -6.90. The van der Waals surface area contributed by atoms with Crippen LogP contribution in [0.25, 0.3) is 110 Å². The molecule has 2 nitrogen and oxygen atoms in total. The van der Waals surface area contributed by atoms with E-state index < -0.39 is 0 Å². The van der Waals surface area contributed by atoms with Gasteiger partial charge in [-0.05, 0) is 85.9 Å². The summed E-state index contributed by atoms with van der Waals surface area (Å²) in [6.45, 7) is 0. The summed E-state index contributed by atoms with van der Waals surface area (Å²) in [6, 6.07) is 67.1. The smallest absolute Gasteiger partial charge is 0.0647 e. The highest BCUT2D eigenvalue weighted by Gasteiger charge is 2.25. The van der Waals surface area contributed by atoms with Crippen LogP contribution in [0.15, 0.2) is 182 Å². The topological polar surface area (TPSA) is 9.86 Å². The van der Waals surface area contributed by atoms with Crippen molar-refractivity contribution in [2.75, 3.05) is 0 Å². The van der Waals surface area contributed by atoms with Crippen molar-refractivity contribution in [3.63, 3.8) is 0 Å². The van der Waals surface area contributed by atoms with Gasteiger partial charge in [-0.1, -0.05) is 146 Å². The quantitative estimate of drug-likeness (QED) is 0.179. The Kier molecular flexibility index (Phi) is 5.53. The van der Waals surface area contributed by atoms with Crippen molar-refractivity contribution in [3.8, 4) is 44.8 Å². The van der Waals surface area contributed by atoms with E-state index >= 15 is 0 Å². The van der Waals surface area contributed by atoms with Gasteiger partial charge in [-0.15, -0.1) is 0 Å². The summed E-state index contributed by atoms with van der Waals surface area (Å²) in [5.74, 6) is 0. The molecule has 2 heterocycles. The van der Waals surface area contributed by atoms with Gasteiger partial charge in [0, 0.05) is 38.3 Å². The minimum Gasteiger partial charge on any atom is -0.309 e. The van der Waals surface area contributed by atoms with Crippen LogP contribution in [-0.2, 0) is 0 Å². The van der Waals surface area contributed by atoms with Crippen molar-refractivity contribution in [2.24, 2.45) is 0 Å². The number of benzene rings is 9. The molecule has 9 aromatic carbocycles. The second-order valence-electron chi connectivity index (χ2n) is 14.0. The molecule has 11 aromatic rings. The summed E-state index contributed by atoms with van der Waals surface area (Å²) >= 11 is 0. The normalized spacial score (nSPS) is 12.2. The molecule has 0 atom stereocenters. The molecule has 2 aromatic heterocycles. The average Bonchev–Trinajstić information content (AvgIpc) is 3.86. The van der Waals surface area contributed by atoms with Crippen molar-refractivity contribution in [3.05, 3.63) is 182 Å². The minimum absolute atomic E-state index is 1.15. The van der Waals surface area contributed by atoms with Gasteiger partial charge in [-0.3, -0.25) is 0 Å². The molecule has 2 heteroatoms. The lowest BCUT2D eigenvalue weighted by atomic mass is 9.94. The molecule has 52 heavy (non-hydrogen) atoms. The first-order chi connectivity index (χ1) is 25.8. The van der Waals surface area contributed by atoms with Gasteiger partial charge in [0.1, 0.15) is 0 Å². The number of nitrogens with zero attached hydrogens (tertiary/aromatic N) is 2. The molecule has 0 saturated heterocycles. The first kappa shape index (κ1) is 27.9. The zero-order chi connectivity index (χ0) is 33.9. The van der Waals surface area contributed by atoms with E-state index in [4.69, 9.17) is 0 Å². The van der Waals surface area contributed by atoms with Crippen LogP contribution < -0.4 is 0 Å². The second kappa shape index (κ2) is 10.3. The maximum Gasteiger partial charge on any atom is 0.0647 e.